The fourth-order valence-electron chi connectivity index (χ4n) is 3.34. The predicted octanol–water partition coefficient (Wildman–Crippen LogP) is 2.41. The normalized spacial score (nSPS) is 42.7. The lowest BCUT2D eigenvalue weighted by atomic mass is 9.79. The Morgan fingerprint density at radius 3 is 2.93 bits per heavy atom. The van der Waals surface area contributed by atoms with Gasteiger partial charge >= 0.3 is 0 Å². The first-order valence-electron chi connectivity index (χ1n) is 5.68. The maximum Gasteiger partial charge on any atom is 0.0995 e. The van der Waals surface area contributed by atoms with Crippen molar-refractivity contribution >= 4 is 0 Å². The van der Waals surface area contributed by atoms with Gasteiger partial charge in [0.05, 0.1) is 6.54 Å². The van der Waals surface area contributed by atoms with Gasteiger partial charge in [-0.1, -0.05) is 19.0 Å². The molecule has 2 saturated heterocycles. The van der Waals surface area contributed by atoms with Crippen molar-refractivity contribution in [3.63, 3.8) is 0 Å². The van der Waals surface area contributed by atoms with Gasteiger partial charge in [0.25, 0.3) is 0 Å². The van der Waals surface area contributed by atoms with Crippen LogP contribution in [0.2, 0.25) is 0 Å². The summed E-state index contributed by atoms with van der Waals surface area (Å²) < 4.78 is 0. The summed E-state index contributed by atoms with van der Waals surface area (Å²) in [7, 11) is 0. The minimum absolute atomic E-state index is 0.145. The molecule has 2 heterocycles. The first-order chi connectivity index (χ1) is 6.64. The van der Waals surface area contributed by atoms with Gasteiger partial charge < -0.3 is 0 Å². The number of fused-ring (bicyclic) bond motifs is 1. The van der Waals surface area contributed by atoms with Crippen molar-refractivity contribution in [3.05, 3.63) is 4.91 Å². The summed E-state index contributed by atoms with van der Waals surface area (Å²) in [4.78, 5) is 13.0. The van der Waals surface area contributed by atoms with Gasteiger partial charge in [-0.25, -0.2) is 0 Å². The van der Waals surface area contributed by atoms with Gasteiger partial charge in [0.1, 0.15) is 0 Å². The molecule has 0 aromatic rings. The molecule has 0 aromatic carbocycles. The number of rotatable bonds is 3. The van der Waals surface area contributed by atoms with Crippen LogP contribution in [0.4, 0.5) is 0 Å². The molecule has 2 aliphatic rings. The smallest absolute Gasteiger partial charge is 0.0995 e. The van der Waals surface area contributed by atoms with Gasteiger partial charge in [0.15, 0.2) is 0 Å². The lowest BCUT2D eigenvalue weighted by Crippen LogP contribution is -2.40. The van der Waals surface area contributed by atoms with E-state index in [9.17, 15) is 4.91 Å². The molecule has 2 aliphatic heterocycles. The van der Waals surface area contributed by atoms with E-state index in [1.165, 1.54) is 38.8 Å². The van der Waals surface area contributed by atoms with Gasteiger partial charge in [-0.15, -0.1) is 0 Å². The summed E-state index contributed by atoms with van der Waals surface area (Å²) in [5.41, 5.74) is 0.567. The van der Waals surface area contributed by atoms with Gasteiger partial charge in [-0.2, -0.15) is 4.91 Å². The van der Waals surface area contributed by atoms with Crippen LogP contribution in [0.3, 0.4) is 0 Å². The first-order valence-corrected chi connectivity index (χ1v) is 5.68. The van der Waals surface area contributed by atoms with Crippen molar-refractivity contribution in [3.8, 4) is 0 Å². The maximum atomic E-state index is 10.5. The summed E-state index contributed by atoms with van der Waals surface area (Å²) in [5, 5.41) is 3.16. The van der Waals surface area contributed by atoms with Crippen LogP contribution < -0.4 is 0 Å². The van der Waals surface area contributed by atoms with E-state index in [4.69, 9.17) is 0 Å². The second-order valence-electron chi connectivity index (χ2n) is 5.38. The van der Waals surface area contributed by atoms with Crippen LogP contribution in [-0.2, 0) is 0 Å². The van der Waals surface area contributed by atoms with Gasteiger partial charge in [0.2, 0.25) is 0 Å². The number of hydrogen-bond acceptors (Lipinski definition) is 3. The molecule has 0 spiro atoms. The molecule has 0 radical (unpaired) electrons. The fourth-order valence-corrected chi connectivity index (χ4v) is 3.34. The molecule has 0 aromatic heterocycles. The zero-order valence-corrected chi connectivity index (χ0v) is 9.25. The molecule has 2 unspecified atom stereocenters. The summed E-state index contributed by atoms with van der Waals surface area (Å²) in [6.45, 7) is 7.44. The van der Waals surface area contributed by atoms with E-state index in [2.05, 4.69) is 23.9 Å². The fraction of sp³-hybridized carbons (Fsp3) is 1.00. The van der Waals surface area contributed by atoms with Crippen molar-refractivity contribution in [2.24, 2.45) is 10.6 Å². The topological polar surface area (TPSA) is 32.7 Å². The quantitative estimate of drug-likeness (QED) is 0.649. The third-order valence-corrected chi connectivity index (χ3v) is 4.28. The highest BCUT2D eigenvalue weighted by Gasteiger charge is 2.52. The summed E-state index contributed by atoms with van der Waals surface area (Å²) in [6, 6.07) is 0. The molecule has 2 atom stereocenters. The van der Waals surface area contributed by atoms with E-state index in [0.29, 0.717) is 12.0 Å². The summed E-state index contributed by atoms with van der Waals surface area (Å²) in [6.07, 6.45) is 4.80. The van der Waals surface area contributed by atoms with E-state index in [0.717, 1.165) is 0 Å². The van der Waals surface area contributed by atoms with Crippen LogP contribution in [0.5, 0.6) is 0 Å². The van der Waals surface area contributed by atoms with E-state index in [1.807, 2.05) is 0 Å². The largest absolute Gasteiger partial charge is 0.295 e. The van der Waals surface area contributed by atoms with Crippen molar-refractivity contribution in [1.82, 2.24) is 4.90 Å². The molecule has 14 heavy (non-hydrogen) atoms. The highest BCUT2D eigenvalue weighted by Crippen LogP contribution is 2.48. The van der Waals surface area contributed by atoms with Gasteiger partial charge in [-0.3, -0.25) is 4.90 Å². The van der Waals surface area contributed by atoms with Crippen LogP contribution in [0.25, 0.3) is 0 Å². The highest BCUT2D eigenvalue weighted by atomic mass is 16.3. The molecule has 2 rings (SSSR count). The number of nitroso groups, excluding NO2 is 1. The Bertz CT molecular complexity index is 243. The van der Waals surface area contributed by atoms with Crippen LogP contribution in [0, 0.1) is 10.3 Å². The predicted molar refractivity (Wildman–Crippen MR) is 57.2 cm³/mol. The van der Waals surface area contributed by atoms with Crippen LogP contribution in [0.1, 0.15) is 39.5 Å². The van der Waals surface area contributed by atoms with E-state index in [1.54, 1.807) is 0 Å². The monoisotopic (exact) mass is 196 g/mol. The van der Waals surface area contributed by atoms with E-state index >= 15 is 0 Å². The molecular formula is C11H20N2O. The highest BCUT2D eigenvalue weighted by molar-refractivity contribution is 5.08. The lowest BCUT2D eigenvalue weighted by molar-refractivity contribution is 0.203. The van der Waals surface area contributed by atoms with E-state index < -0.39 is 0 Å². The molecule has 0 amide bonds. The minimum Gasteiger partial charge on any atom is -0.295 e. The minimum atomic E-state index is 0.145. The molecule has 80 valence electrons. The third kappa shape index (κ3) is 1.38. The molecule has 2 fully saturated rings. The van der Waals surface area contributed by atoms with E-state index in [-0.39, 0.29) is 5.54 Å². The van der Waals surface area contributed by atoms with Gasteiger partial charge in [-0.05, 0) is 37.6 Å². The molecule has 0 bridgehead atoms. The molecule has 3 heteroatoms. The summed E-state index contributed by atoms with van der Waals surface area (Å²) >= 11 is 0. The zero-order valence-electron chi connectivity index (χ0n) is 9.25. The van der Waals surface area contributed by atoms with Gasteiger partial charge in [0, 0.05) is 12.1 Å². The molecule has 3 nitrogen and oxygen atoms in total. The van der Waals surface area contributed by atoms with Crippen LogP contribution in [-0.4, -0.2) is 30.1 Å². The average Bonchev–Trinajstić information content (AvgIpc) is 2.59. The third-order valence-electron chi connectivity index (χ3n) is 4.28. The summed E-state index contributed by atoms with van der Waals surface area (Å²) in [5.74, 6) is 0. The molecule has 0 saturated carbocycles. The standard InChI is InChI=1S/C11H20N2O/c1-3-10(2)7-11(8-12-14)5-4-6-13(11)9-10/h3-9H2,1-2H3. The zero-order chi connectivity index (χ0) is 10.2. The Morgan fingerprint density at radius 1 is 1.50 bits per heavy atom. The maximum absolute atomic E-state index is 10.5. The Hall–Kier alpha value is -0.440. The van der Waals surface area contributed by atoms with Crippen molar-refractivity contribution in [2.45, 2.75) is 45.1 Å². The van der Waals surface area contributed by atoms with Crippen molar-refractivity contribution in [1.29, 1.82) is 0 Å². The molecule has 0 N–H and O–H groups in total. The second kappa shape index (κ2) is 3.30. The number of nitrogens with zero attached hydrogens (tertiary/aromatic N) is 2. The first kappa shape index (κ1) is 10.1. The average molecular weight is 196 g/mol. The lowest BCUT2D eigenvalue weighted by Gasteiger charge is -2.29. The molecule has 0 aliphatic carbocycles. The second-order valence-corrected chi connectivity index (χ2v) is 5.38. The number of hydrogen-bond donors (Lipinski definition) is 0. The SMILES string of the molecule is CCC1(C)CN2CCCC2(CN=O)C1. The Kier molecular flexibility index (Phi) is 2.38. The molecular weight excluding hydrogens is 176 g/mol. The Labute approximate surface area is 85.8 Å². The van der Waals surface area contributed by atoms with Crippen molar-refractivity contribution in [2.75, 3.05) is 19.6 Å². The van der Waals surface area contributed by atoms with Crippen LogP contribution >= 0.6 is 0 Å². The Morgan fingerprint density at radius 2 is 2.29 bits per heavy atom. The Balaban J connectivity index is 2.18. The van der Waals surface area contributed by atoms with Crippen LogP contribution in [0.15, 0.2) is 5.18 Å². The van der Waals surface area contributed by atoms with Crippen molar-refractivity contribution < 1.29 is 0 Å².